The average molecular weight is 254 g/mol. The van der Waals surface area contributed by atoms with Crippen molar-refractivity contribution in [2.75, 3.05) is 32.6 Å². The zero-order valence-electron chi connectivity index (χ0n) is 11.1. The van der Waals surface area contributed by atoms with Crippen molar-refractivity contribution in [3.05, 3.63) is 29.6 Å². The van der Waals surface area contributed by atoms with Gasteiger partial charge in [-0.15, -0.1) is 0 Å². The van der Waals surface area contributed by atoms with Crippen LogP contribution in [0.1, 0.15) is 18.6 Å². The molecule has 100 valence electrons. The van der Waals surface area contributed by atoms with E-state index in [1.165, 1.54) is 15.9 Å². The molecule has 0 saturated heterocycles. The van der Waals surface area contributed by atoms with Crippen molar-refractivity contribution in [3.8, 4) is 0 Å². The number of benzene rings is 1. The second-order valence-electron chi connectivity index (χ2n) is 4.50. The number of likely N-dealkylation sites (N-methyl/N-ethyl adjacent to an activating group) is 2. The molecule has 0 radical (unpaired) electrons. The van der Waals surface area contributed by atoms with Gasteiger partial charge >= 0.3 is 0 Å². The van der Waals surface area contributed by atoms with Crippen LogP contribution in [0.2, 0.25) is 0 Å². The molecule has 0 saturated carbocycles. The van der Waals surface area contributed by atoms with E-state index in [2.05, 4.69) is 0 Å². The summed E-state index contributed by atoms with van der Waals surface area (Å²) in [6.07, 6.45) is -0.785. The van der Waals surface area contributed by atoms with Crippen molar-refractivity contribution in [3.63, 3.8) is 0 Å². The minimum Gasteiger partial charge on any atom is -0.389 e. The fourth-order valence-electron chi connectivity index (χ4n) is 1.70. The van der Waals surface area contributed by atoms with Gasteiger partial charge in [-0.05, 0) is 13.0 Å². The Morgan fingerprint density at radius 2 is 2.00 bits per heavy atom. The number of para-hydroxylation sites is 1. The van der Waals surface area contributed by atoms with Crippen molar-refractivity contribution in [1.82, 2.24) is 4.90 Å². The minimum absolute atomic E-state index is 0.0631. The predicted molar refractivity (Wildman–Crippen MR) is 69.0 cm³/mol. The average Bonchev–Trinajstić information content (AvgIpc) is 2.27. The normalized spacial score (nSPS) is 12.1. The highest BCUT2D eigenvalue weighted by Gasteiger charge is 2.18. The first-order valence-electron chi connectivity index (χ1n) is 5.72. The Balaban J connectivity index is 3.04. The summed E-state index contributed by atoms with van der Waals surface area (Å²) in [4.78, 5) is 14.6. The zero-order chi connectivity index (χ0) is 13.9. The number of hydrogen-bond acceptors (Lipinski definition) is 3. The smallest absolute Gasteiger partial charge is 0.241 e. The van der Waals surface area contributed by atoms with E-state index < -0.39 is 11.9 Å². The lowest BCUT2D eigenvalue weighted by Crippen LogP contribution is -2.35. The van der Waals surface area contributed by atoms with Gasteiger partial charge in [0.15, 0.2) is 0 Å². The number of halogens is 1. The number of nitrogens with zero attached hydrogens (tertiary/aromatic N) is 2. The Morgan fingerprint density at radius 3 is 2.50 bits per heavy atom. The number of hydrogen-bond donors (Lipinski definition) is 1. The van der Waals surface area contributed by atoms with Crippen LogP contribution in [0.25, 0.3) is 0 Å². The Labute approximate surface area is 107 Å². The van der Waals surface area contributed by atoms with Gasteiger partial charge < -0.3 is 14.9 Å². The molecule has 0 aliphatic heterocycles. The lowest BCUT2D eigenvalue weighted by molar-refractivity contribution is -0.127. The molecule has 5 heteroatoms. The van der Waals surface area contributed by atoms with Crippen LogP contribution in [-0.2, 0) is 4.79 Å². The molecule has 1 atom stereocenters. The van der Waals surface area contributed by atoms with Gasteiger partial charge in [-0.1, -0.05) is 12.1 Å². The number of amides is 1. The van der Waals surface area contributed by atoms with E-state index >= 15 is 0 Å². The highest BCUT2D eigenvalue weighted by molar-refractivity contribution is 5.81. The molecule has 0 bridgehead atoms. The lowest BCUT2D eigenvalue weighted by Gasteiger charge is -2.25. The van der Waals surface area contributed by atoms with E-state index in [1.807, 2.05) is 0 Å². The van der Waals surface area contributed by atoms with Crippen LogP contribution >= 0.6 is 0 Å². The summed E-state index contributed by atoms with van der Waals surface area (Å²) in [7, 11) is 4.92. The zero-order valence-corrected chi connectivity index (χ0v) is 11.1. The molecule has 0 heterocycles. The molecule has 18 heavy (non-hydrogen) atoms. The number of carbonyl (C=O) groups excluding carboxylic acids is 1. The fraction of sp³-hybridized carbons (Fsp3) is 0.462. The number of anilines is 1. The molecule has 1 aromatic rings. The molecule has 0 aliphatic rings. The third kappa shape index (κ3) is 3.20. The number of rotatable bonds is 4. The lowest BCUT2D eigenvalue weighted by atomic mass is 10.1. The Bertz CT molecular complexity index is 433. The SMILES string of the molecule is CC(O)c1cccc(F)c1N(C)CC(=O)N(C)C. The van der Waals surface area contributed by atoms with E-state index in [0.29, 0.717) is 5.56 Å². The van der Waals surface area contributed by atoms with Crippen molar-refractivity contribution >= 4 is 11.6 Å². The minimum atomic E-state index is -0.785. The molecular formula is C13H19FN2O2. The number of aliphatic hydroxyl groups is 1. The monoisotopic (exact) mass is 254 g/mol. The Hall–Kier alpha value is -1.62. The van der Waals surface area contributed by atoms with Gasteiger partial charge in [0, 0.05) is 26.7 Å². The quantitative estimate of drug-likeness (QED) is 0.883. The van der Waals surface area contributed by atoms with E-state index in [4.69, 9.17) is 0 Å². The predicted octanol–water partition coefficient (Wildman–Crippen LogP) is 1.40. The first-order valence-corrected chi connectivity index (χ1v) is 5.72. The Morgan fingerprint density at radius 1 is 1.39 bits per heavy atom. The van der Waals surface area contributed by atoms with Gasteiger partial charge in [0.1, 0.15) is 5.82 Å². The number of aliphatic hydroxyl groups excluding tert-OH is 1. The van der Waals surface area contributed by atoms with Crippen molar-refractivity contribution in [1.29, 1.82) is 0 Å². The van der Waals surface area contributed by atoms with Crippen molar-refractivity contribution in [2.24, 2.45) is 0 Å². The topological polar surface area (TPSA) is 43.8 Å². The van der Waals surface area contributed by atoms with Gasteiger partial charge in [-0.2, -0.15) is 0 Å². The van der Waals surface area contributed by atoms with Crippen molar-refractivity contribution in [2.45, 2.75) is 13.0 Å². The molecule has 0 spiro atoms. The molecule has 0 fully saturated rings. The van der Waals surface area contributed by atoms with Gasteiger partial charge in [-0.3, -0.25) is 4.79 Å². The maximum absolute atomic E-state index is 13.8. The summed E-state index contributed by atoms with van der Waals surface area (Å²) in [5.74, 6) is -0.570. The van der Waals surface area contributed by atoms with Gasteiger partial charge in [0.05, 0.1) is 18.3 Å². The largest absolute Gasteiger partial charge is 0.389 e. The summed E-state index contributed by atoms with van der Waals surface area (Å²) in [5, 5.41) is 9.63. The molecule has 0 aliphatic carbocycles. The first-order chi connectivity index (χ1) is 8.34. The van der Waals surface area contributed by atoms with Gasteiger partial charge in [0.2, 0.25) is 5.91 Å². The highest BCUT2D eigenvalue weighted by Crippen LogP contribution is 2.28. The van der Waals surface area contributed by atoms with Crippen LogP contribution in [0.15, 0.2) is 18.2 Å². The van der Waals surface area contributed by atoms with E-state index in [1.54, 1.807) is 40.2 Å². The van der Waals surface area contributed by atoms with Gasteiger partial charge in [-0.25, -0.2) is 4.39 Å². The first kappa shape index (κ1) is 14.4. The van der Waals surface area contributed by atoms with Crippen LogP contribution < -0.4 is 4.90 Å². The van der Waals surface area contributed by atoms with Crippen LogP contribution in [0.5, 0.6) is 0 Å². The summed E-state index contributed by atoms with van der Waals surface area (Å²) in [6, 6.07) is 4.51. The molecule has 0 aromatic heterocycles. The summed E-state index contributed by atoms with van der Waals surface area (Å²) in [6.45, 7) is 1.63. The summed E-state index contributed by atoms with van der Waals surface area (Å²) in [5.41, 5.74) is 0.742. The Kier molecular flexibility index (Phi) is 4.67. The third-order valence-corrected chi connectivity index (χ3v) is 2.72. The fourth-order valence-corrected chi connectivity index (χ4v) is 1.70. The molecule has 1 aromatic carbocycles. The molecule has 4 nitrogen and oxygen atoms in total. The summed E-state index contributed by atoms with van der Waals surface area (Å²) < 4.78 is 13.8. The molecule has 1 N–H and O–H groups in total. The molecule has 1 rings (SSSR count). The maximum Gasteiger partial charge on any atom is 0.241 e. The van der Waals surface area contributed by atoms with Crippen molar-refractivity contribution < 1.29 is 14.3 Å². The van der Waals surface area contributed by atoms with Crippen LogP contribution in [-0.4, -0.2) is 43.6 Å². The second kappa shape index (κ2) is 5.82. The van der Waals surface area contributed by atoms with Crippen LogP contribution in [0.3, 0.4) is 0 Å². The van der Waals surface area contributed by atoms with E-state index in [0.717, 1.165) is 0 Å². The van der Waals surface area contributed by atoms with E-state index in [9.17, 15) is 14.3 Å². The third-order valence-electron chi connectivity index (χ3n) is 2.72. The standard InChI is InChI=1S/C13H19FN2O2/c1-9(17)10-6-5-7-11(14)13(10)16(4)8-12(18)15(2)3/h5-7,9,17H,8H2,1-4H3. The van der Waals surface area contributed by atoms with Gasteiger partial charge in [0.25, 0.3) is 0 Å². The van der Waals surface area contributed by atoms with Crippen LogP contribution in [0.4, 0.5) is 10.1 Å². The summed E-state index contributed by atoms with van der Waals surface area (Å²) >= 11 is 0. The highest BCUT2D eigenvalue weighted by atomic mass is 19.1. The molecular weight excluding hydrogens is 235 g/mol. The molecule has 1 amide bonds. The second-order valence-corrected chi connectivity index (χ2v) is 4.50. The van der Waals surface area contributed by atoms with E-state index in [-0.39, 0.29) is 18.1 Å². The number of carbonyl (C=O) groups is 1. The molecule has 1 unspecified atom stereocenters. The van der Waals surface area contributed by atoms with Crippen LogP contribution in [0, 0.1) is 5.82 Å². The maximum atomic E-state index is 13.8.